The highest BCUT2D eigenvalue weighted by Gasteiger charge is 2.50. The van der Waals surface area contributed by atoms with Gasteiger partial charge in [0.25, 0.3) is 0 Å². The van der Waals surface area contributed by atoms with Gasteiger partial charge in [0.15, 0.2) is 0 Å². The topological polar surface area (TPSA) is 3.24 Å². The minimum absolute atomic E-state index is 0.827. The summed E-state index contributed by atoms with van der Waals surface area (Å²) < 4.78 is 0. The molecular formula is C16H29N. The summed E-state index contributed by atoms with van der Waals surface area (Å²) in [6.07, 6.45) is 13.4. The van der Waals surface area contributed by atoms with E-state index in [4.69, 9.17) is 0 Å². The van der Waals surface area contributed by atoms with Crippen LogP contribution in [0.15, 0.2) is 0 Å². The first-order valence-corrected chi connectivity index (χ1v) is 8.10. The average Bonchev–Trinajstić information content (AvgIpc) is 2.72. The average molecular weight is 235 g/mol. The Labute approximate surface area is 107 Å². The molecule has 1 nitrogen and oxygen atoms in total. The normalized spacial score (nSPS) is 44.1. The molecule has 5 unspecified atom stereocenters. The standard InChI is InChI=1S/C16H29N/c1-3-12(2)17-15-10-6-4-8-13(15)14-9-5-7-11-16(14)17/h12-16H,3-11H2,1-2H3. The van der Waals surface area contributed by atoms with Gasteiger partial charge in [-0.2, -0.15) is 0 Å². The second-order valence-electron chi connectivity index (χ2n) is 6.74. The molecule has 5 atom stereocenters. The van der Waals surface area contributed by atoms with Crippen molar-refractivity contribution in [3.8, 4) is 0 Å². The van der Waals surface area contributed by atoms with Crippen LogP contribution in [0.2, 0.25) is 0 Å². The molecule has 0 radical (unpaired) electrons. The lowest BCUT2D eigenvalue weighted by Crippen LogP contribution is -2.45. The van der Waals surface area contributed by atoms with Gasteiger partial charge in [0.05, 0.1) is 0 Å². The largest absolute Gasteiger partial charge is 0.294 e. The van der Waals surface area contributed by atoms with Crippen molar-refractivity contribution in [1.82, 2.24) is 4.90 Å². The minimum Gasteiger partial charge on any atom is -0.294 e. The highest BCUT2D eigenvalue weighted by Crippen LogP contribution is 2.49. The Kier molecular flexibility index (Phi) is 3.47. The molecule has 0 aromatic carbocycles. The molecule has 17 heavy (non-hydrogen) atoms. The number of hydrogen-bond donors (Lipinski definition) is 0. The van der Waals surface area contributed by atoms with Crippen LogP contribution >= 0.6 is 0 Å². The van der Waals surface area contributed by atoms with Crippen molar-refractivity contribution >= 4 is 0 Å². The first kappa shape index (κ1) is 12.0. The van der Waals surface area contributed by atoms with Gasteiger partial charge >= 0.3 is 0 Å². The van der Waals surface area contributed by atoms with Crippen LogP contribution in [0, 0.1) is 11.8 Å². The van der Waals surface area contributed by atoms with Gasteiger partial charge in [-0.1, -0.05) is 32.6 Å². The maximum absolute atomic E-state index is 2.98. The van der Waals surface area contributed by atoms with Gasteiger partial charge < -0.3 is 0 Å². The predicted octanol–water partition coefficient (Wildman–Crippen LogP) is 4.22. The summed E-state index contributed by atoms with van der Waals surface area (Å²) in [6.45, 7) is 4.85. The summed E-state index contributed by atoms with van der Waals surface area (Å²) in [7, 11) is 0. The smallest absolute Gasteiger partial charge is 0.0133 e. The quantitative estimate of drug-likeness (QED) is 0.693. The fourth-order valence-electron chi connectivity index (χ4n) is 5.13. The maximum atomic E-state index is 2.98. The van der Waals surface area contributed by atoms with E-state index in [0.717, 1.165) is 30.0 Å². The van der Waals surface area contributed by atoms with Gasteiger partial charge in [-0.3, -0.25) is 4.90 Å². The fraction of sp³-hybridized carbons (Fsp3) is 1.00. The molecule has 1 aliphatic heterocycles. The van der Waals surface area contributed by atoms with Crippen LogP contribution in [0.5, 0.6) is 0 Å². The second kappa shape index (κ2) is 4.91. The molecule has 2 aliphatic carbocycles. The van der Waals surface area contributed by atoms with Crippen LogP contribution in [-0.4, -0.2) is 23.0 Å². The molecule has 3 fully saturated rings. The molecule has 3 rings (SSSR count). The van der Waals surface area contributed by atoms with Crippen molar-refractivity contribution in [3.05, 3.63) is 0 Å². The molecule has 0 aromatic rings. The van der Waals surface area contributed by atoms with Gasteiger partial charge in [-0.25, -0.2) is 0 Å². The van der Waals surface area contributed by atoms with E-state index >= 15 is 0 Å². The first-order chi connectivity index (χ1) is 8.33. The van der Waals surface area contributed by atoms with E-state index in [9.17, 15) is 0 Å². The lowest BCUT2D eigenvalue weighted by atomic mass is 9.73. The lowest BCUT2D eigenvalue weighted by Gasteiger charge is -2.38. The van der Waals surface area contributed by atoms with Crippen LogP contribution in [0.1, 0.15) is 71.6 Å². The van der Waals surface area contributed by atoms with Crippen LogP contribution in [0.3, 0.4) is 0 Å². The Bertz CT molecular complexity index is 240. The Morgan fingerprint density at radius 2 is 1.35 bits per heavy atom. The Balaban J connectivity index is 1.84. The molecule has 0 amide bonds. The molecule has 0 spiro atoms. The van der Waals surface area contributed by atoms with Crippen molar-refractivity contribution in [2.75, 3.05) is 0 Å². The fourth-order valence-corrected chi connectivity index (χ4v) is 5.13. The summed E-state index contributed by atoms with van der Waals surface area (Å²) in [5.74, 6) is 2.14. The monoisotopic (exact) mass is 235 g/mol. The molecule has 1 heterocycles. The number of nitrogens with zero attached hydrogens (tertiary/aromatic N) is 1. The van der Waals surface area contributed by atoms with Crippen molar-refractivity contribution < 1.29 is 0 Å². The van der Waals surface area contributed by atoms with E-state index in [1.54, 1.807) is 12.8 Å². The maximum Gasteiger partial charge on any atom is 0.0133 e. The van der Waals surface area contributed by atoms with E-state index in [2.05, 4.69) is 18.7 Å². The molecule has 1 saturated heterocycles. The Hall–Kier alpha value is -0.0400. The molecule has 0 aromatic heterocycles. The van der Waals surface area contributed by atoms with Gasteiger partial charge in [-0.15, -0.1) is 0 Å². The van der Waals surface area contributed by atoms with Crippen molar-refractivity contribution in [1.29, 1.82) is 0 Å². The SMILES string of the molecule is CCC(C)N1C2CCCCC2C2CCCCC21. The van der Waals surface area contributed by atoms with E-state index in [-0.39, 0.29) is 0 Å². The molecule has 1 heteroatoms. The predicted molar refractivity (Wildman–Crippen MR) is 73.1 cm³/mol. The summed E-state index contributed by atoms with van der Waals surface area (Å²) in [4.78, 5) is 2.98. The molecule has 0 bridgehead atoms. The third-order valence-corrected chi connectivity index (χ3v) is 5.98. The van der Waals surface area contributed by atoms with Crippen LogP contribution in [-0.2, 0) is 0 Å². The number of fused-ring (bicyclic) bond motifs is 3. The van der Waals surface area contributed by atoms with Gasteiger partial charge in [0, 0.05) is 18.1 Å². The number of rotatable bonds is 2. The first-order valence-electron chi connectivity index (χ1n) is 8.10. The number of likely N-dealkylation sites (tertiary alicyclic amines) is 1. The molecule has 98 valence electrons. The van der Waals surface area contributed by atoms with Crippen molar-refractivity contribution in [2.24, 2.45) is 11.8 Å². The van der Waals surface area contributed by atoms with Gasteiger partial charge in [0.2, 0.25) is 0 Å². The third kappa shape index (κ3) is 1.95. The Morgan fingerprint density at radius 1 is 0.882 bits per heavy atom. The van der Waals surface area contributed by atoms with E-state index in [1.807, 2.05) is 0 Å². The zero-order valence-corrected chi connectivity index (χ0v) is 11.7. The second-order valence-corrected chi connectivity index (χ2v) is 6.74. The van der Waals surface area contributed by atoms with Crippen LogP contribution in [0.4, 0.5) is 0 Å². The summed E-state index contributed by atoms with van der Waals surface area (Å²) in [5.41, 5.74) is 0. The van der Waals surface area contributed by atoms with Gasteiger partial charge in [-0.05, 0) is 50.9 Å². The lowest BCUT2D eigenvalue weighted by molar-refractivity contribution is 0.0925. The summed E-state index contributed by atoms with van der Waals surface area (Å²) >= 11 is 0. The highest BCUT2D eigenvalue weighted by molar-refractivity contribution is 5.03. The van der Waals surface area contributed by atoms with E-state index in [1.165, 1.54) is 44.9 Å². The van der Waals surface area contributed by atoms with E-state index in [0.29, 0.717) is 0 Å². The Morgan fingerprint density at radius 3 is 1.82 bits per heavy atom. The summed E-state index contributed by atoms with van der Waals surface area (Å²) in [5, 5.41) is 0. The molecule has 3 aliphatic rings. The van der Waals surface area contributed by atoms with Gasteiger partial charge in [0.1, 0.15) is 0 Å². The minimum atomic E-state index is 0.827. The molecule has 0 N–H and O–H groups in total. The highest BCUT2D eigenvalue weighted by atomic mass is 15.3. The molecular weight excluding hydrogens is 206 g/mol. The van der Waals surface area contributed by atoms with Crippen molar-refractivity contribution in [3.63, 3.8) is 0 Å². The third-order valence-electron chi connectivity index (χ3n) is 5.98. The van der Waals surface area contributed by atoms with E-state index < -0.39 is 0 Å². The zero-order chi connectivity index (χ0) is 11.8. The van der Waals surface area contributed by atoms with Crippen molar-refractivity contribution in [2.45, 2.75) is 89.8 Å². The van der Waals surface area contributed by atoms with Crippen LogP contribution in [0.25, 0.3) is 0 Å². The zero-order valence-electron chi connectivity index (χ0n) is 11.7. The molecule has 2 saturated carbocycles. The van der Waals surface area contributed by atoms with Crippen LogP contribution < -0.4 is 0 Å². The summed E-state index contributed by atoms with van der Waals surface area (Å²) in [6, 6.07) is 2.76. The number of hydrogen-bond acceptors (Lipinski definition) is 1.